The summed E-state index contributed by atoms with van der Waals surface area (Å²) in [5.74, 6) is 0.170. The van der Waals surface area contributed by atoms with Crippen LogP contribution in [0.15, 0.2) is 41.0 Å². The molecule has 0 unspecified atom stereocenters. The molecule has 25 heavy (non-hydrogen) atoms. The zero-order valence-corrected chi connectivity index (χ0v) is 14.1. The van der Waals surface area contributed by atoms with Gasteiger partial charge in [0.15, 0.2) is 0 Å². The standard InChI is InChI=1S/C19H21FN2O3/c1-13-11-15(4-5-17(13)20)19(24)22-8-6-14(7-9-22)18(23)21-12-16-3-2-10-25-16/h2-5,10-11,14H,6-9,12H2,1H3,(H,21,23). The molecule has 0 spiro atoms. The molecule has 0 radical (unpaired) electrons. The van der Waals surface area contributed by atoms with Crippen LogP contribution < -0.4 is 5.32 Å². The monoisotopic (exact) mass is 344 g/mol. The highest BCUT2D eigenvalue weighted by Gasteiger charge is 2.28. The SMILES string of the molecule is Cc1cc(C(=O)N2CCC(C(=O)NCc3ccco3)CC2)ccc1F. The summed E-state index contributed by atoms with van der Waals surface area (Å²) in [6.45, 7) is 3.06. The van der Waals surface area contributed by atoms with Crippen molar-refractivity contribution in [3.8, 4) is 0 Å². The predicted octanol–water partition coefficient (Wildman–Crippen LogP) is 2.90. The average molecular weight is 344 g/mol. The van der Waals surface area contributed by atoms with Crippen LogP contribution in [0.3, 0.4) is 0 Å². The topological polar surface area (TPSA) is 62.6 Å². The van der Waals surface area contributed by atoms with Crippen molar-refractivity contribution in [3.63, 3.8) is 0 Å². The fraction of sp³-hybridized carbons (Fsp3) is 0.368. The first-order valence-corrected chi connectivity index (χ1v) is 8.40. The van der Waals surface area contributed by atoms with Crippen molar-refractivity contribution in [1.29, 1.82) is 0 Å². The van der Waals surface area contributed by atoms with E-state index in [0.717, 1.165) is 0 Å². The van der Waals surface area contributed by atoms with Gasteiger partial charge in [-0.05, 0) is 55.7 Å². The molecule has 2 amide bonds. The van der Waals surface area contributed by atoms with Crippen LogP contribution in [-0.2, 0) is 11.3 Å². The number of amides is 2. The first kappa shape index (κ1) is 17.2. The zero-order valence-electron chi connectivity index (χ0n) is 14.1. The van der Waals surface area contributed by atoms with E-state index in [1.54, 1.807) is 30.2 Å². The van der Waals surface area contributed by atoms with Crippen LogP contribution in [-0.4, -0.2) is 29.8 Å². The minimum absolute atomic E-state index is 0.0128. The number of furan rings is 1. The van der Waals surface area contributed by atoms with E-state index in [-0.39, 0.29) is 23.5 Å². The number of piperidine rings is 1. The van der Waals surface area contributed by atoms with Crippen molar-refractivity contribution in [3.05, 3.63) is 59.3 Å². The van der Waals surface area contributed by atoms with E-state index in [4.69, 9.17) is 4.42 Å². The Bertz CT molecular complexity index is 750. The van der Waals surface area contributed by atoms with Gasteiger partial charge in [-0.1, -0.05) is 0 Å². The number of benzene rings is 1. The lowest BCUT2D eigenvalue weighted by atomic mass is 9.95. The molecule has 0 atom stereocenters. The Morgan fingerprint density at radius 2 is 2.04 bits per heavy atom. The lowest BCUT2D eigenvalue weighted by Gasteiger charge is -2.31. The number of carbonyl (C=O) groups excluding carboxylic acids is 2. The van der Waals surface area contributed by atoms with E-state index in [0.29, 0.717) is 49.4 Å². The molecule has 1 aliphatic heterocycles. The zero-order chi connectivity index (χ0) is 17.8. The number of rotatable bonds is 4. The van der Waals surface area contributed by atoms with Gasteiger partial charge in [0, 0.05) is 24.6 Å². The van der Waals surface area contributed by atoms with E-state index >= 15 is 0 Å². The maximum absolute atomic E-state index is 13.3. The van der Waals surface area contributed by atoms with E-state index in [9.17, 15) is 14.0 Å². The van der Waals surface area contributed by atoms with E-state index < -0.39 is 0 Å². The second-order valence-electron chi connectivity index (χ2n) is 6.33. The summed E-state index contributed by atoms with van der Waals surface area (Å²) < 4.78 is 18.5. The van der Waals surface area contributed by atoms with Crippen LogP contribution in [0.4, 0.5) is 4.39 Å². The van der Waals surface area contributed by atoms with Crippen LogP contribution >= 0.6 is 0 Å². The molecule has 0 saturated carbocycles. The van der Waals surface area contributed by atoms with Gasteiger partial charge >= 0.3 is 0 Å². The van der Waals surface area contributed by atoms with Crippen molar-refractivity contribution >= 4 is 11.8 Å². The quantitative estimate of drug-likeness (QED) is 0.928. The summed E-state index contributed by atoms with van der Waals surface area (Å²) in [5, 5.41) is 2.87. The van der Waals surface area contributed by atoms with Gasteiger partial charge < -0.3 is 14.6 Å². The molecule has 1 saturated heterocycles. The summed E-state index contributed by atoms with van der Waals surface area (Å²) in [4.78, 5) is 26.5. The number of nitrogens with zero attached hydrogens (tertiary/aromatic N) is 1. The third-order valence-corrected chi connectivity index (χ3v) is 4.57. The third kappa shape index (κ3) is 4.07. The number of halogens is 1. The van der Waals surface area contributed by atoms with Crippen molar-refractivity contribution in [2.75, 3.05) is 13.1 Å². The minimum Gasteiger partial charge on any atom is -0.467 e. The molecule has 5 nitrogen and oxygen atoms in total. The third-order valence-electron chi connectivity index (χ3n) is 4.57. The number of hydrogen-bond donors (Lipinski definition) is 1. The van der Waals surface area contributed by atoms with Gasteiger partial charge in [-0.3, -0.25) is 9.59 Å². The molecule has 132 valence electrons. The van der Waals surface area contributed by atoms with Crippen LogP contribution in [0.2, 0.25) is 0 Å². The Kier molecular flexibility index (Phi) is 5.16. The summed E-state index contributed by atoms with van der Waals surface area (Å²) in [6, 6.07) is 7.99. The van der Waals surface area contributed by atoms with Crippen LogP contribution in [0.5, 0.6) is 0 Å². The summed E-state index contributed by atoms with van der Waals surface area (Å²) >= 11 is 0. The van der Waals surface area contributed by atoms with Gasteiger partial charge in [0.25, 0.3) is 5.91 Å². The minimum atomic E-state index is -0.316. The molecule has 1 fully saturated rings. The number of aryl methyl sites for hydroxylation is 1. The van der Waals surface area contributed by atoms with Crippen molar-refractivity contribution in [2.24, 2.45) is 5.92 Å². The smallest absolute Gasteiger partial charge is 0.253 e. The highest BCUT2D eigenvalue weighted by Crippen LogP contribution is 2.20. The van der Waals surface area contributed by atoms with E-state index in [1.165, 1.54) is 12.1 Å². The van der Waals surface area contributed by atoms with Crippen LogP contribution in [0.25, 0.3) is 0 Å². The fourth-order valence-corrected chi connectivity index (χ4v) is 3.04. The highest BCUT2D eigenvalue weighted by molar-refractivity contribution is 5.94. The Balaban J connectivity index is 1.51. The van der Waals surface area contributed by atoms with E-state index in [2.05, 4.69) is 5.32 Å². The molecule has 0 aliphatic carbocycles. The van der Waals surface area contributed by atoms with Crippen LogP contribution in [0.1, 0.15) is 34.5 Å². The van der Waals surface area contributed by atoms with Gasteiger partial charge in [0.2, 0.25) is 5.91 Å². The van der Waals surface area contributed by atoms with Gasteiger partial charge in [-0.15, -0.1) is 0 Å². The van der Waals surface area contributed by atoms with Gasteiger partial charge in [-0.2, -0.15) is 0 Å². The number of carbonyl (C=O) groups is 2. The van der Waals surface area contributed by atoms with Crippen molar-refractivity contribution in [2.45, 2.75) is 26.3 Å². The van der Waals surface area contributed by atoms with Crippen LogP contribution in [0, 0.1) is 18.7 Å². The molecule has 1 aliphatic rings. The largest absolute Gasteiger partial charge is 0.467 e. The molecule has 3 rings (SSSR count). The summed E-state index contributed by atoms with van der Waals surface area (Å²) in [6.07, 6.45) is 2.81. The predicted molar refractivity (Wildman–Crippen MR) is 90.3 cm³/mol. The fourth-order valence-electron chi connectivity index (χ4n) is 3.04. The molecule has 1 N–H and O–H groups in total. The molecule has 2 aromatic rings. The Morgan fingerprint density at radius 3 is 2.68 bits per heavy atom. The lowest BCUT2D eigenvalue weighted by Crippen LogP contribution is -2.42. The maximum atomic E-state index is 13.3. The summed E-state index contributed by atoms with van der Waals surface area (Å²) in [5.41, 5.74) is 0.942. The molecular weight excluding hydrogens is 323 g/mol. The first-order chi connectivity index (χ1) is 12.0. The Morgan fingerprint density at radius 1 is 1.28 bits per heavy atom. The average Bonchev–Trinajstić information content (AvgIpc) is 3.15. The Labute approximate surface area is 145 Å². The molecule has 1 aromatic heterocycles. The lowest BCUT2D eigenvalue weighted by molar-refractivity contribution is -0.126. The molecule has 0 bridgehead atoms. The summed E-state index contributed by atoms with van der Waals surface area (Å²) in [7, 11) is 0. The van der Waals surface area contributed by atoms with Gasteiger partial charge in [0.05, 0.1) is 12.8 Å². The molecule has 2 heterocycles. The molecule has 6 heteroatoms. The van der Waals surface area contributed by atoms with E-state index in [1.807, 2.05) is 6.07 Å². The molecular formula is C19H21FN2O3. The number of nitrogens with one attached hydrogen (secondary N) is 1. The van der Waals surface area contributed by atoms with Crippen molar-refractivity contribution < 1.29 is 18.4 Å². The van der Waals surface area contributed by atoms with Crippen molar-refractivity contribution in [1.82, 2.24) is 10.2 Å². The second-order valence-corrected chi connectivity index (χ2v) is 6.33. The number of likely N-dealkylation sites (tertiary alicyclic amines) is 1. The highest BCUT2D eigenvalue weighted by atomic mass is 19.1. The first-order valence-electron chi connectivity index (χ1n) is 8.40. The Hall–Kier alpha value is -2.63. The van der Waals surface area contributed by atoms with Gasteiger partial charge in [0.1, 0.15) is 11.6 Å². The second kappa shape index (κ2) is 7.51. The maximum Gasteiger partial charge on any atom is 0.253 e. The normalized spacial score (nSPS) is 15.2. The molecule has 1 aromatic carbocycles. The number of hydrogen-bond acceptors (Lipinski definition) is 3. The van der Waals surface area contributed by atoms with Gasteiger partial charge in [-0.25, -0.2) is 4.39 Å².